The van der Waals surface area contributed by atoms with Crippen molar-refractivity contribution in [3.63, 3.8) is 0 Å². The first-order chi connectivity index (χ1) is 27.0. The molecule has 12 rings (SSSR count). The van der Waals surface area contributed by atoms with Gasteiger partial charge in [-0.05, 0) is 75.2 Å². The second-order valence-corrected chi connectivity index (χ2v) is 15.5. The Morgan fingerprint density at radius 3 is 2.09 bits per heavy atom. The fourth-order valence-electron chi connectivity index (χ4n) is 9.50. The summed E-state index contributed by atoms with van der Waals surface area (Å²) >= 11 is 0. The van der Waals surface area contributed by atoms with Crippen molar-refractivity contribution < 1.29 is 0 Å². The number of nitrogens with zero attached hydrogens (tertiary/aromatic N) is 3. The van der Waals surface area contributed by atoms with E-state index in [1.807, 2.05) is 0 Å². The van der Waals surface area contributed by atoms with Crippen molar-refractivity contribution in [1.29, 1.82) is 0 Å². The highest BCUT2D eigenvalue weighted by Gasteiger charge is 2.35. The SMILES string of the molecule is CC1(C)c2ccccc2-c2ccc(-c3nc(-n4c5ccccc5c5c(-c6ccc7c(c6)[nH]c6ccccc67)cccc54)c4ccc5ccccc5c4n3)cc21. The summed E-state index contributed by atoms with van der Waals surface area (Å²) in [6.07, 6.45) is 0. The largest absolute Gasteiger partial charge is 0.354 e. The van der Waals surface area contributed by atoms with Gasteiger partial charge in [0.25, 0.3) is 0 Å². The summed E-state index contributed by atoms with van der Waals surface area (Å²) in [5.74, 6) is 1.60. The van der Waals surface area contributed by atoms with Crippen LogP contribution >= 0.6 is 0 Å². The molecule has 55 heavy (non-hydrogen) atoms. The van der Waals surface area contributed by atoms with Gasteiger partial charge < -0.3 is 4.98 Å². The number of rotatable bonds is 3. The van der Waals surface area contributed by atoms with Crippen LogP contribution in [0.25, 0.3) is 105 Å². The maximum atomic E-state index is 5.56. The molecular weight excluding hydrogens is 669 g/mol. The Morgan fingerprint density at radius 1 is 0.473 bits per heavy atom. The maximum Gasteiger partial charge on any atom is 0.162 e. The number of hydrogen-bond donors (Lipinski definition) is 1. The van der Waals surface area contributed by atoms with Crippen molar-refractivity contribution in [2.45, 2.75) is 19.3 Å². The topological polar surface area (TPSA) is 46.5 Å². The Bertz CT molecular complexity index is 3420. The summed E-state index contributed by atoms with van der Waals surface area (Å²) in [5, 5.41) is 8.17. The predicted octanol–water partition coefficient (Wildman–Crippen LogP) is 13.2. The molecule has 258 valence electrons. The molecule has 0 atom stereocenters. The Hall–Kier alpha value is -7.04. The molecule has 11 aromatic rings. The third-order valence-corrected chi connectivity index (χ3v) is 12.1. The molecule has 3 aromatic heterocycles. The van der Waals surface area contributed by atoms with Gasteiger partial charge in [-0.1, -0.05) is 141 Å². The van der Waals surface area contributed by atoms with Crippen LogP contribution in [0.1, 0.15) is 25.0 Å². The molecule has 0 saturated heterocycles. The van der Waals surface area contributed by atoms with Crippen LogP contribution < -0.4 is 0 Å². The lowest BCUT2D eigenvalue weighted by Crippen LogP contribution is -2.15. The van der Waals surface area contributed by atoms with E-state index in [1.165, 1.54) is 54.9 Å². The van der Waals surface area contributed by atoms with Crippen LogP contribution in [-0.2, 0) is 5.41 Å². The lowest BCUT2D eigenvalue weighted by Gasteiger charge is -2.22. The summed E-state index contributed by atoms with van der Waals surface area (Å²) in [6.45, 7) is 4.65. The molecule has 0 aliphatic heterocycles. The molecule has 0 radical (unpaired) electrons. The molecular formula is C51H34N4. The van der Waals surface area contributed by atoms with Gasteiger partial charge in [0, 0.05) is 54.3 Å². The van der Waals surface area contributed by atoms with Crippen molar-refractivity contribution in [2.75, 3.05) is 0 Å². The number of aromatic amines is 1. The van der Waals surface area contributed by atoms with Gasteiger partial charge in [0.1, 0.15) is 5.82 Å². The van der Waals surface area contributed by atoms with E-state index in [9.17, 15) is 0 Å². The Kier molecular flexibility index (Phi) is 6.09. The summed E-state index contributed by atoms with van der Waals surface area (Å²) in [6, 6.07) is 59.3. The molecule has 0 spiro atoms. The Morgan fingerprint density at radius 2 is 1.16 bits per heavy atom. The normalized spacial score (nSPS) is 13.4. The minimum Gasteiger partial charge on any atom is -0.354 e. The van der Waals surface area contributed by atoms with Crippen LogP contribution in [0.15, 0.2) is 164 Å². The van der Waals surface area contributed by atoms with Gasteiger partial charge in [-0.15, -0.1) is 0 Å². The number of hydrogen-bond acceptors (Lipinski definition) is 2. The zero-order chi connectivity index (χ0) is 36.4. The quantitative estimate of drug-likeness (QED) is 0.186. The van der Waals surface area contributed by atoms with Gasteiger partial charge >= 0.3 is 0 Å². The van der Waals surface area contributed by atoms with E-state index < -0.39 is 0 Å². The first-order valence-corrected chi connectivity index (χ1v) is 19.0. The standard InChI is InChI=1S/C51H34N4/c1-51(2)41-18-8-5-14-35(41)36-25-24-32(28-42(36)51)49-53-48-34-13-4-3-12-30(34)22-27-40(48)50(54-49)55-45-20-10-7-16-39(45)47-33(17-11-21-46(47)55)31-23-26-38-37-15-6-9-19-43(37)52-44(38)29-31/h3-29,52H,1-2H3. The number of nitrogens with one attached hydrogen (secondary N) is 1. The highest BCUT2D eigenvalue weighted by molar-refractivity contribution is 6.18. The summed E-state index contributed by atoms with van der Waals surface area (Å²) in [4.78, 5) is 14.6. The van der Waals surface area contributed by atoms with Crippen LogP contribution in [-0.4, -0.2) is 19.5 Å². The van der Waals surface area contributed by atoms with Gasteiger partial charge in [0.2, 0.25) is 0 Å². The number of H-pyrrole nitrogens is 1. The van der Waals surface area contributed by atoms with Crippen LogP contribution in [0, 0.1) is 0 Å². The second kappa shape index (κ2) is 11.0. The van der Waals surface area contributed by atoms with E-state index in [0.717, 1.165) is 60.9 Å². The van der Waals surface area contributed by atoms with E-state index in [0.29, 0.717) is 0 Å². The lowest BCUT2D eigenvalue weighted by atomic mass is 9.82. The summed E-state index contributed by atoms with van der Waals surface area (Å²) < 4.78 is 2.37. The third-order valence-electron chi connectivity index (χ3n) is 12.1. The van der Waals surface area contributed by atoms with Crippen molar-refractivity contribution in [3.8, 4) is 39.5 Å². The molecule has 1 aliphatic carbocycles. The van der Waals surface area contributed by atoms with Gasteiger partial charge in [-0.3, -0.25) is 4.57 Å². The van der Waals surface area contributed by atoms with Crippen molar-refractivity contribution in [3.05, 3.63) is 175 Å². The van der Waals surface area contributed by atoms with Crippen LogP contribution in [0.2, 0.25) is 0 Å². The first kappa shape index (κ1) is 30.4. The molecule has 0 unspecified atom stereocenters. The fourth-order valence-corrected chi connectivity index (χ4v) is 9.50. The Labute approximate surface area is 317 Å². The number of benzene rings is 8. The average Bonchev–Trinajstić information content (AvgIpc) is 3.85. The Balaban J connectivity index is 1.14. The van der Waals surface area contributed by atoms with E-state index in [-0.39, 0.29) is 5.41 Å². The second-order valence-electron chi connectivity index (χ2n) is 15.5. The van der Waals surface area contributed by atoms with Crippen molar-refractivity contribution in [1.82, 2.24) is 19.5 Å². The minimum atomic E-state index is -0.132. The maximum absolute atomic E-state index is 5.56. The number of para-hydroxylation sites is 2. The summed E-state index contributed by atoms with van der Waals surface area (Å²) in [7, 11) is 0. The van der Waals surface area contributed by atoms with Gasteiger partial charge in [0.05, 0.1) is 16.6 Å². The molecule has 1 N–H and O–H groups in total. The minimum absolute atomic E-state index is 0.132. The lowest BCUT2D eigenvalue weighted by molar-refractivity contribution is 0.660. The van der Waals surface area contributed by atoms with Crippen molar-refractivity contribution in [2.24, 2.45) is 0 Å². The molecule has 3 heterocycles. The number of aromatic nitrogens is 4. The number of fused-ring (bicyclic) bond motifs is 12. The highest BCUT2D eigenvalue weighted by atomic mass is 15.1. The first-order valence-electron chi connectivity index (χ1n) is 19.0. The average molecular weight is 703 g/mol. The van der Waals surface area contributed by atoms with E-state index >= 15 is 0 Å². The van der Waals surface area contributed by atoms with Gasteiger partial charge in [0.15, 0.2) is 5.82 Å². The fraction of sp³-hybridized carbons (Fsp3) is 0.0588. The van der Waals surface area contributed by atoms with Crippen LogP contribution in [0.4, 0.5) is 0 Å². The van der Waals surface area contributed by atoms with Crippen molar-refractivity contribution >= 4 is 65.3 Å². The van der Waals surface area contributed by atoms with E-state index in [4.69, 9.17) is 9.97 Å². The summed E-state index contributed by atoms with van der Waals surface area (Å²) in [5.41, 5.74) is 14.0. The zero-order valence-electron chi connectivity index (χ0n) is 30.4. The van der Waals surface area contributed by atoms with Crippen LogP contribution in [0.5, 0.6) is 0 Å². The van der Waals surface area contributed by atoms with E-state index in [2.05, 4.69) is 187 Å². The third kappa shape index (κ3) is 4.22. The van der Waals surface area contributed by atoms with Gasteiger partial charge in [-0.25, -0.2) is 9.97 Å². The molecule has 0 bridgehead atoms. The van der Waals surface area contributed by atoms with Gasteiger partial charge in [-0.2, -0.15) is 0 Å². The van der Waals surface area contributed by atoms with Crippen LogP contribution in [0.3, 0.4) is 0 Å². The molecule has 4 heteroatoms. The molecule has 4 nitrogen and oxygen atoms in total. The molecule has 0 saturated carbocycles. The highest BCUT2D eigenvalue weighted by Crippen LogP contribution is 2.49. The molecule has 0 amide bonds. The monoisotopic (exact) mass is 702 g/mol. The molecule has 0 fully saturated rings. The molecule has 8 aromatic carbocycles. The zero-order valence-corrected chi connectivity index (χ0v) is 30.4. The smallest absolute Gasteiger partial charge is 0.162 e. The van der Waals surface area contributed by atoms with E-state index in [1.54, 1.807) is 0 Å². The predicted molar refractivity (Wildman–Crippen MR) is 229 cm³/mol. The molecule has 1 aliphatic rings.